The summed E-state index contributed by atoms with van der Waals surface area (Å²) < 4.78 is 0. The summed E-state index contributed by atoms with van der Waals surface area (Å²) in [6, 6.07) is 8.17. The van der Waals surface area contributed by atoms with Gasteiger partial charge in [0.05, 0.1) is 0 Å². The molecule has 0 unspecified atom stereocenters. The van der Waals surface area contributed by atoms with Gasteiger partial charge in [0.15, 0.2) is 0 Å². The monoisotopic (exact) mass is 311 g/mol. The standard InChI is InChI=1S/C21H29NO/c1-22-20(23)19-6-4-15(5-7-19)3-2-8-21-12-16-9-17(13-21)11-18(10-16)14-21/h4-7,16-18H,2-3,8-14H2,1H3,(H,22,23). The maximum Gasteiger partial charge on any atom is 0.251 e. The first kappa shape index (κ1) is 15.2. The zero-order chi connectivity index (χ0) is 15.9. The number of carbonyl (C=O) groups excluding carboxylic acids is 1. The van der Waals surface area contributed by atoms with Gasteiger partial charge in [-0.15, -0.1) is 0 Å². The van der Waals surface area contributed by atoms with Gasteiger partial charge in [0.25, 0.3) is 5.91 Å². The number of rotatable bonds is 5. The van der Waals surface area contributed by atoms with Crippen molar-refractivity contribution in [1.82, 2.24) is 5.32 Å². The van der Waals surface area contributed by atoms with Crippen molar-refractivity contribution in [1.29, 1.82) is 0 Å². The van der Waals surface area contributed by atoms with Crippen LogP contribution in [0.15, 0.2) is 24.3 Å². The summed E-state index contributed by atoms with van der Waals surface area (Å²) in [5.41, 5.74) is 2.84. The van der Waals surface area contributed by atoms with Gasteiger partial charge >= 0.3 is 0 Å². The molecule has 124 valence electrons. The van der Waals surface area contributed by atoms with Crippen molar-refractivity contribution in [2.24, 2.45) is 23.2 Å². The molecule has 1 N–H and O–H groups in total. The van der Waals surface area contributed by atoms with E-state index >= 15 is 0 Å². The van der Waals surface area contributed by atoms with E-state index < -0.39 is 0 Å². The maximum atomic E-state index is 11.6. The van der Waals surface area contributed by atoms with E-state index in [0.29, 0.717) is 5.41 Å². The van der Waals surface area contributed by atoms with Gasteiger partial charge in [0.1, 0.15) is 0 Å². The lowest BCUT2D eigenvalue weighted by molar-refractivity contribution is -0.0580. The molecule has 5 rings (SSSR count). The normalized spacial score (nSPS) is 34.6. The molecule has 0 aromatic heterocycles. The smallest absolute Gasteiger partial charge is 0.251 e. The van der Waals surface area contributed by atoms with Crippen LogP contribution in [0.3, 0.4) is 0 Å². The number of benzene rings is 1. The molecule has 4 saturated carbocycles. The first-order chi connectivity index (χ1) is 11.2. The van der Waals surface area contributed by atoms with E-state index in [1.54, 1.807) is 26.3 Å². The van der Waals surface area contributed by atoms with Crippen molar-refractivity contribution in [3.8, 4) is 0 Å². The lowest BCUT2D eigenvalue weighted by Gasteiger charge is -2.57. The number of hydrogen-bond acceptors (Lipinski definition) is 1. The van der Waals surface area contributed by atoms with E-state index in [-0.39, 0.29) is 5.91 Å². The van der Waals surface area contributed by atoms with Gasteiger partial charge in [-0.1, -0.05) is 12.1 Å². The van der Waals surface area contributed by atoms with Crippen LogP contribution in [0.25, 0.3) is 0 Å². The van der Waals surface area contributed by atoms with E-state index in [9.17, 15) is 4.79 Å². The lowest BCUT2D eigenvalue weighted by Crippen LogP contribution is -2.45. The first-order valence-electron chi connectivity index (χ1n) is 9.47. The van der Waals surface area contributed by atoms with Gasteiger partial charge in [0.2, 0.25) is 0 Å². The first-order valence-corrected chi connectivity index (χ1v) is 9.47. The van der Waals surface area contributed by atoms with Crippen LogP contribution in [0, 0.1) is 23.2 Å². The van der Waals surface area contributed by atoms with Gasteiger partial charge in [-0.25, -0.2) is 0 Å². The Bertz CT molecular complexity index is 539. The minimum absolute atomic E-state index is 0.00474. The molecule has 2 heteroatoms. The van der Waals surface area contributed by atoms with Crippen LogP contribution in [0.5, 0.6) is 0 Å². The van der Waals surface area contributed by atoms with Crippen molar-refractivity contribution in [3.63, 3.8) is 0 Å². The molecule has 2 nitrogen and oxygen atoms in total. The summed E-state index contributed by atoms with van der Waals surface area (Å²) in [6.07, 6.45) is 13.1. The quantitative estimate of drug-likeness (QED) is 0.847. The van der Waals surface area contributed by atoms with E-state index in [2.05, 4.69) is 17.4 Å². The summed E-state index contributed by atoms with van der Waals surface area (Å²) >= 11 is 0. The van der Waals surface area contributed by atoms with E-state index in [0.717, 1.165) is 29.7 Å². The largest absolute Gasteiger partial charge is 0.355 e. The number of amides is 1. The molecular formula is C21H29NO. The highest BCUT2D eigenvalue weighted by molar-refractivity contribution is 5.93. The van der Waals surface area contributed by atoms with Crippen LogP contribution in [-0.2, 0) is 6.42 Å². The third-order valence-electron chi connectivity index (χ3n) is 6.78. The van der Waals surface area contributed by atoms with Gasteiger partial charge in [-0.05, 0) is 98.7 Å². The highest BCUT2D eigenvalue weighted by atomic mass is 16.1. The molecule has 23 heavy (non-hydrogen) atoms. The Kier molecular flexibility index (Phi) is 3.95. The van der Waals surface area contributed by atoms with E-state index in [4.69, 9.17) is 0 Å². The predicted molar refractivity (Wildman–Crippen MR) is 93.4 cm³/mol. The van der Waals surface area contributed by atoms with E-state index in [1.807, 2.05) is 12.1 Å². The van der Waals surface area contributed by atoms with Crippen molar-refractivity contribution in [2.75, 3.05) is 7.05 Å². The fourth-order valence-electron chi connectivity index (χ4n) is 6.23. The van der Waals surface area contributed by atoms with Crippen LogP contribution < -0.4 is 5.32 Å². The number of hydrogen-bond donors (Lipinski definition) is 1. The molecular weight excluding hydrogens is 282 g/mol. The fourth-order valence-corrected chi connectivity index (χ4v) is 6.23. The summed E-state index contributed by atoms with van der Waals surface area (Å²) in [5, 5.41) is 2.68. The molecule has 0 saturated heterocycles. The summed E-state index contributed by atoms with van der Waals surface area (Å²) in [5.74, 6) is 3.19. The Morgan fingerprint density at radius 1 is 1.04 bits per heavy atom. The molecule has 0 aliphatic heterocycles. The van der Waals surface area contributed by atoms with Crippen molar-refractivity contribution in [2.45, 2.75) is 57.8 Å². The molecule has 4 aliphatic carbocycles. The number of carbonyl (C=O) groups is 1. The SMILES string of the molecule is CNC(=O)c1ccc(CCCC23CC4CC(CC(C4)C2)C3)cc1. The van der Waals surface area contributed by atoms with Crippen LogP contribution in [0.2, 0.25) is 0 Å². The van der Waals surface area contributed by atoms with Crippen LogP contribution in [-0.4, -0.2) is 13.0 Å². The third-order valence-corrected chi connectivity index (χ3v) is 6.78. The molecule has 1 aromatic carbocycles. The minimum Gasteiger partial charge on any atom is -0.355 e. The average molecular weight is 311 g/mol. The second-order valence-electron chi connectivity index (χ2n) is 8.55. The highest BCUT2D eigenvalue weighted by Crippen LogP contribution is 2.61. The minimum atomic E-state index is 0.00474. The predicted octanol–water partition coefficient (Wildman–Crippen LogP) is 4.59. The average Bonchev–Trinajstić information content (AvgIpc) is 2.53. The fraction of sp³-hybridized carbons (Fsp3) is 0.667. The van der Waals surface area contributed by atoms with Gasteiger partial charge in [-0.2, -0.15) is 0 Å². The van der Waals surface area contributed by atoms with Gasteiger partial charge in [-0.3, -0.25) is 4.79 Å². The van der Waals surface area contributed by atoms with Crippen molar-refractivity contribution < 1.29 is 4.79 Å². The second-order valence-corrected chi connectivity index (χ2v) is 8.55. The number of aryl methyl sites for hydroxylation is 1. The van der Waals surface area contributed by atoms with Crippen LogP contribution in [0.1, 0.15) is 67.3 Å². The van der Waals surface area contributed by atoms with Crippen molar-refractivity contribution in [3.05, 3.63) is 35.4 Å². The summed E-state index contributed by atoms with van der Waals surface area (Å²) in [4.78, 5) is 11.6. The molecule has 0 atom stereocenters. The second kappa shape index (κ2) is 5.96. The molecule has 4 fully saturated rings. The molecule has 0 spiro atoms. The molecule has 1 amide bonds. The molecule has 4 aliphatic rings. The Morgan fingerprint density at radius 3 is 2.13 bits per heavy atom. The van der Waals surface area contributed by atoms with Gasteiger partial charge in [0, 0.05) is 12.6 Å². The zero-order valence-corrected chi connectivity index (χ0v) is 14.3. The maximum absolute atomic E-state index is 11.6. The molecule has 0 radical (unpaired) electrons. The van der Waals surface area contributed by atoms with Crippen LogP contribution >= 0.6 is 0 Å². The highest BCUT2D eigenvalue weighted by Gasteiger charge is 2.50. The lowest BCUT2D eigenvalue weighted by atomic mass is 9.48. The summed E-state index contributed by atoms with van der Waals surface area (Å²) in [6.45, 7) is 0. The summed E-state index contributed by atoms with van der Waals surface area (Å²) in [7, 11) is 1.68. The van der Waals surface area contributed by atoms with E-state index in [1.165, 1.54) is 37.7 Å². The Morgan fingerprint density at radius 2 is 1.61 bits per heavy atom. The number of nitrogens with one attached hydrogen (secondary N) is 1. The Labute approximate surface area is 140 Å². The molecule has 4 bridgehead atoms. The Hall–Kier alpha value is -1.31. The topological polar surface area (TPSA) is 29.1 Å². The van der Waals surface area contributed by atoms with Gasteiger partial charge < -0.3 is 5.32 Å². The van der Waals surface area contributed by atoms with Crippen molar-refractivity contribution >= 4 is 5.91 Å². The third kappa shape index (κ3) is 3.05. The van der Waals surface area contributed by atoms with Crippen LogP contribution in [0.4, 0.5) is 0 Å². The molecule has 0 heterocycles. The molecule has 1 aromatic rings. The Balaban J connectivity index is 1.33. The zero-order valence-electron chi connectivity index (χ0n) is 14.3.